The Morgan fingerprint density at radius 3 is 2.68 bits per heavy atom. The van der Waals surface area contributed by atoms with Crippen molar-refractivity contribution in [1.29, 1.82) is 0 Å². The zero-order valence-corrected chi connectivity index (χ0v) is 21.1. The second kappa shape index (κ2) is 9.64. The Morgan fingerprint density at radius 2 is 1.94 bits per heavy atom. The lowest BCUT2D eigenvalue weighted by atomic mass is 9.79. The topological polar surface area (TPSA) is 84.4 Å². The van der Waals surface area contributed by atoms with Gasteiger partial charge in [-0.15, -0.1) is 0 Å². The van der Waals surface area contributed by atoms with Crippen LogP contribution in [0.2, 0.25) is 0 Å². The molecule has 3 heterocycles. The molecule has 0 bridgehead atoms. The monoisotopic (exact) mass is 498 g/mol. The van der Waals surface area contributed by atoms with Crippen molar-refractivity contribution >= 4 is 26.7 Å². The number of hydrogen-bond acceptors (Lipinski definition) is 7. The van der Waals surface area contributed by atoms with E-state index in [0.717, 1.165) is 36.5 Å². The van der Waals surface area contributed by atoms with Crippen molar-refractivity contribution < 1.29 is 13.2 Å². The fraction of sp³-hybridized carbons (Fsp3) is 0.440. The second-order valence-corrected chi connectivity index (χ2v) is 11.9. The predicted molar refractivity (Wildman–Crippen MR) is 133 cm³/mol. The maximum absolute atomic E-state index is 12.9. The number of ether oxygens (including phenoxy) is 1. The van der Waals surface area contributed by atoms with Crippen molar-refractivity contribution in [3.63, 3.8) is 0 Å². The minimum absolute atomic E-state index is 0.167. The third-order valence-electron chi connectivity index (χ3n) is 7.10. The molecule has 2 aromatic carbocycles. The van der Waals surface area contributed by atoms with E-state index in [1.807, 2.05) is 6.07 Å². The first kappa shape index (κ1) is 23.3. The van der Waals surface area contributed by atoms with Crippen molar-refractivity contribution in [1.82, 2.24) is 14.3 Å². The summed E-state index contributed by atoms with van der Waals surface area (Å²) in [6, 6.07) is 16.5. The summed E-state index contributed by atoms with van der Waals surface area (Å²) >= 11 is 1.00. The van der Waals surface area contributed by atoms with Gasteiger partial charge in [0.05, 0.1) is 11.5 Å². The van der Waals surface area contributed by atoms with Gasteiger partial charge in [-0.2, -0.15) is 4.37 Å². The standard InChI is InChI=1S/C25H30N4O3S2/c1-17(2)19-10-12-29(23(14-19)18-6-4-3-5-7-18)22-11-13-32-24-15-20(8-9-21(22)24)34(30,31)28-25-26-16-27-33-25/h3-9,15-17,19,22-23H,10-14H2,1-2H3,(H,26,27,28)/t19?,22-,23+/m1/s1. The van der Waals surface area contributed by atoms with Gasteiger partial charge in [-0.05, 0) is 42.9 Å². The Labute approximate surface area is 205 Å². The van der Waals surface area contributed by atoms with E-state index in [-0.39, 0.29) is 16.1 Å². The van der Waals surface area contributed by atoms with Gasteiger partial charge in [-0.3, -0.25) is 9.62 Å². The zero-order valence-electron chi connectivity index (χ0n) is 19.4. The van der Waals surface area contributed by atoms with Gasteiger partial charge in [0, 0.05) is 41.7 Å². The molecule has 0 aliphatic carbocycles. The van der Waals surface area contributed by atoms with Crippen molar-refractivity contribution in [3.05, 3.63) is 66.0 Å². The van der Waals surface area contributed by atoms with Crippen LogP contribution in [-0.2, 0) is 10.0 Å². The highest BCUT2D eigenvalue weighted by molar-refractivity contribution is 7.93. The first-order chi connectivity index (χ1) is 16.4. The van der Waals surface area contributed by atoms with Gasteiger partial charge >= 0.3 is 0 Å². The Balaban J connectivity index is 1.45. The lowest BCUT2D eigenvalue weighted by molar-refractivity contribution is 0.0346. The maximum atomic E-state index is 12.9. The molecule has 2 aliphatic heterocycles. The zero-order chi connectivity index (χ0) is 23.7. The summed E-state index contributed by atoms with van der Waals surface area (Å²) in [7, 11) is -3.77. The average molecular weight is 499 g/mol. The van der Waals surface area contributed by atoms with Gasteiger partial charge < -0.3 is 4.74 Å². The number of aromatic nitrogens is 2. The molecule has 0 radical (unpaired) electrons. The van der Waals surface area contributed by atoms with Crippen LogP contribution in [0, 0.1) is 11.8 Å². The maximum Gasteiger partial charge on any atom is 0.263 e. The molecular formula is C25H30N4O3S2. The van der Waals surface area contributed by atoms with E-state index in [1.165, 1.54) is 18.3 Å². The number of likely N-dealkylation sites (tertiary alicyclic amines) is 1. The lowest BCUT2D eigenvalue weighted by Gasteiger charge is -2.46. The lowest BCUT2D eigenvalue weighted by Crippen LogP contribution is -2.42. The van der Waals surface area contributed by atoms with Crippen LogP contribution in [0.5, 0.6) is 5.75 Å². The third-order valence-corrected chi connectivity index (χ3v) is 9.14. The largest absolute Gasteiger partial charge is 0.493 e. The minimum Gasteiger partial charge on any atom is -0.493 e. The molecule has 3 atom stereocenters. The Kier molecular flexibility index (Phi) is 6.59. The van der Waals surface area contributed by atoms with Crippen LogP contribution in [0.15, 0.2) is 59.8 Å². The summed E-state index contributed by atoms with van der Waals surface area (Å²) in [6.45, 7) is 6.23. The molecule has 3 aromatic rings. The molecule has 1 aromatic heterocycles. The molecule has 0 amide bonds. The molecule has 9 heteroatoms. The van der Waals surface area contributed by atoms with Crippen molar-refractivity contribution in [3.8, 4) is 5.75 Å². The fourth-order valence-electron chi connectivity index (χ4n) is 5.25. The van der Waals surface area contributed by atoms with Crippen molar-refractivity contribution in [2.45, 2.75) is 50.1 Å². The highest BCUT2D eigenvalue weighted by Gasteiger charge is 2.38. The molecule has 2 aliphatic rings. The molecule has 0 spiro atoms. The summed E-state index contributed by atoms with van der Waals surface area (Å²) < 4.78 is 38.1. The number of sulfonamides is 1. The Bertz CT molecular complexity index is 1220. The number of piperidine rings is 1. The number of anilines is 1. The normalized spacial score (nSPS) is 23.3. The van der Waals surface area contributed by atoms with Crippen molar-refractivity contribution in [2.24, 2.45) is 11.8 Å². The number of benzene rings is 2. The average Bonchev–Trinajstić information content (AvgIpc) is 3.36. The van der Waals surface area contributed by atoms with E-state index in [9.17, 15) is 8.42 Å². The second-order valence-electron chi connectivity index (χ2n) is 9.40. The fourth-order valence-corrected chi connectivity index (χ4v) is 6.92. The molecule has 0 saturated carbocycles. The summed E-state index contributed by atoms with van der Waals surface area (Å²) in [5.74, 6) is 2.00. The van der Waals surface area contributed by atoms with Crippen LogP contribution in [0.25, 0.3) is 0 Å². The molecule has 1 N–H and O–H groups in total. The first-order valence-corrected chi connectivity index (χ1v) is 14.0. The number of fused-ring (bicyclic) bond motifs is 1. The minimum atomic E-state index is -3.77. The number of nitrogens with zero attached hydrogens (tertiary/aromatic N) is 3. The van der Waals surface area contributed by atoms with E-state index in [0.29, 0.717) is 30.2 Å². The third kappa shape index (κ3) is 4.69. The molecule has 1 unspecified atom stereocenters. The molecule has 7 nitrogen and oxygen atoms in total. The van der Waals surface area contributed by atoms with Gasteiger partial charge in [-0.25, -0.2) is 13.4 Å². The number of nitrogens with one attached hydrogen (secondary N) is 1. The highest BCUT2D eigenvalue weighted by atomic mass is 32.2. The smallest absolute Gasteiger partial charge is 0.263 e. The molecule has 180 valence electrons. The Morgan fingerprint density at radius 1 is 1.12 bits per heavy atom. The van der Waals surface area contributed by atoms with E-state index < -0.39 is 10.0 Å². The molecule has 1 saturated heterocycles. The van der Waals surface area contributed by atoms with Crippen LogP contribution in [0.3, 0.4) is 0 Å². The van der Waals surface area contributed by atoms with Gasteiger partial charge in [0.1, 0.15) is 12.1 Å². The van der Waals surface area contributed by atoms with E-state index in [1.54, 1.807) is 12.1 Å². The highest BCUT2D eigenvalue weighted by Crippen LogP contribution is 2.46. The van der Waals surface area contributed by atoms with Gasteiger partial charge in [0.25, 0.3) is 10.0 Å². The van der Waals surface area contributed by atoms with E-state index in [2.05, 4.69) is 63.2 Å². The molecule has 1 fully saturated rings. The summed E-state index contributed by atoms with van der Waals surface area (Å²) in [4.78, 5) is 6.70. The number of rotatable bonds is 6. The Hall–Kier alpha value is -2.49. The van der Waals surface area contributed by atoms with E-state index in [4.69, 9.17) is 4.74 Å². The van der Waals surface area contributed by atoms with Crippen LogP contribution in [0.4, 0.5) is 5.13 Å². The molecule has 5 rings (SSSR count). The van der Waals surface area contributed by atoms with Gasteiger partial charge in [-0.1, -0.05) is 50.2 Å². The number of hydrogen-bond donors (Lipinski definition) is 1. The van der Waals surface area contributed by atoms with Gasteiger partial charge in [0.2, 0.25) is 5.13 Å². The van der Waals surface area contributed by atoms with Crippen LogP contribution in [0.1, 0.15) is 56.3 Å². The summed E-state index contributed by atoms with van der Waals surface area (Å²) in [5.41, 5.74) is 2.41. The molecule has 34 heavy (non-hydrogen) atoms. The summed E-state index contributed by atoms with van der Waals surface area (Å²) in [5, 5.41) is 0.246. The van der Waals surface area contributed by atoms with Crippen molar-refractivity contribution in [2.75, 3.05) is 17.9 Å². The molecular weight excluding hydrogens is 468 g/mol. The quantitative estimate of drug-likeness (QED) is 0.498. The van der Waals surface area contributed by atoms with E-state index >= 15 is 0 Å². The van der Waals surface area contributed by atoms with Gasteiger partial charge in [0.15, 0.2) is 0 Å². The SMILES string of the molecule is CC(C)C1CCN([C@@H]2CCOc3cc(S(=O)(=O)Nc4ncns4)ccc32)[C@H](c2ccccc2)C1. The predicted octanol–water partition coefficient (Wildman–Crippen LogP) is 5.27. The van der Waals surface area contributed by atoms with Crippen LogP contribution >= 0.6 is 11.5 Å². The van der Waals surface area contributed by atoms with Crippen LogP contribution in [-0.4, -0.2) is 35.8 Å². The first-order valence-electron chi connectivity index (χ1n) is 11.8. The van der Waals surface area contributed by atoms with Crippen LogP contribution < -0.4 is 9.46 Å². The summed E-state index contributed by atoms with van der Waals surface area (Å²) in [6.07, 6.45) is 4.52.